The molecule has 3 rings (SSSR count). The average molecular weight is 384 g/mol. The normalized spacial score (nSPS) is 10.2. The number of carboxylic acid groups (broad SMARTS) is 1. The van der Waals surface area contributed by atoms with E-state index < -0.39 is 5.97 Å². The van der Waals surface area contributed by atoms with Crippen LogP contribution in [0.4, 0.5) is 0 Å². The first kappa shape index (κ1) is 21.1. The van der Waals surface area contributed by atoms with Crippen LogP contribution in [0.1, 0.15) is 30.2 Å². The van der Waals surface area contributed by atoms with Gasteiger partial charge in [0.25, 0.3) is 5.56 Å². The summed E-state index contributed by atoms with van der Waals surface area (Å²) in [5.74, 6) is -0.183. The minimum absolute atomic E-state index is 0.0754. The molecule has 0 saturated carbocycles. The van der Waals surface area contributed by atoms with Crippen LogP contribution in [0.5, 0.6) is 5.75 Å². The van der Waals surface area contributed by atoms with Crippen molar-refractivity contribution < 1.29 is 19.7 Å². The number of aryl methyl sites for hydroxylation is 1. The number of carbonyl (C=O) groups is 1. The maximum Gasteiger partial charge on any atom is 0.303 e. The largest absolute Gasteiger partial charge is 0.485 e. The van der Waals surface area contributed by atoms with Crippen LogP contribution in [0.25, 0.3) is 5.65 Å². The van der Waals surface area contributed by atoms with E-state index in [1.54, 1.807) is 32.2 Å². The number of aliphatic hydroxyl groups excluding tert-OH is 1. The van der Waals surface area contributed by atoms with Crippen LogP contribution >= 0.6 is 0 Å². The number of carboxylic acids is 1. The van der Waals surface area contributed by atoms with Crippen molar-refractivity contribution in [3.8, 4) is 5.75 Å². The molecule has 3 aromatic rings. The Morgan fingerprint density at radius 1 is 1.18 bits per heavy atom. The molecule has 2 aromatic heterocycles. The highest BCUT2D eigenvalue weighted by Crippen LogP contribution is 2.19. The molecule has 7 heteroatoms. The summed E-state index contributed by atoms with van der Waals surface area (Å²) in [6, 6.07) is 13.4. The third-order valence-electron chi connectivity index (χ3n) is 4.02. The second-order valence-electron chi connectivity index (χ2n) is 6.04. The summed E-state index contributed by atoms with van der Waals surface area (Å²) >= 11 is 0. The third kappa shape index (κ3) is 5.40. The maximum absolute atomic E-state index is 12.5. The number of aliphatic hydroxyl groups is 1. The van der Waals surface area contributed by atoms with Gasteiger partial charge in [-0.05, 0) is 24.6 Å². The molecule has 2 N–H and O–H groups in total. The lowest BCUT2D eigenvalue weighted by atomic mass is 10.2. The van der Waals surface area contributed by atoms with Crippen molar-refractivity contribution in [3.63, 3.8) is 0 Å². The van der Waals surface area contributed by atoms with Gasteiger partial charge in [0.2, 0.25) is 0 Å². The van der Waals surface area contributed by atoms with Gasteiger partial charge in [0, 0.05) is 36.9 Å². The van der Waals surface area contributed by atoms with Gasteiger partial charge in [0.05, 0.1) is 0 Å². The number of hydrogen-bond acceptors (Lipinski definition) is 5. The van der Waals surface area contributed by atoms with Gasteiger partial charge in [-0.1, -0.05) is 37.3 Å². The Labute approximate surface area is 162 Å². The fourth-order valence-corrected chi connectivity index (χ4v) is 2.53. The predicted octanol–water partition coefficient (Wildman–Crippen LogP) is 2.60. The summed E-state index contributed by atoms with van der Waals surface area (Å²) in [4.78, 5) is 26.4. The molecule has 1 aromatic carbocycles. The third-order valence-corrected chi connectivity index (χ3v) is 4.02. The number of ether oxygens (including phenoxy) is 1. The highest BCUT2D eigenvalue weighted by Gasteiger charge is 2.12. The summed E-state index contributed by atoms with van der Waals surface area (Å²) in [7, 11) is 0. The molecule has 7 nitrogen and oxygen atoms in total. The predicted molar refractivity (Wildman–Crippen MR) is 106 cm³/mol. The summed E-state index contributed by atoms with van der Waals surface area (Å²) in [6.45, 7) is 3.71. The van der Waals surface area contributed by atoms with Crippen molar-refractivity contribution >= 4 is 11.6 Å². The van der Waals surface area contributed by atoms with Gasteiger partial charge in [0.1, 0.15) is 6.61 Å². The number of aliphatic carboxylic acids is 1. The molecular formula is C21H24N2O5. The van der Waals surface area contributed by atoms with Crippen LogP contribution in [-0.4, -0.2) is 32.2 Å². The molecule has 0 amide bonds. The van der Waals surface area contributed by atoms with Crippen molar-refractivity contribution in [1.29, 1.82) is 0 Å². The van der Waals surface area contributed by atoms with E-state index in [4.69, 9.17) is 14.9 Å². The molecule has 0 bridgehead atoms. The number of nitrogens with zero attached hydrogens (tertiary/aromatic N) is 2. The van der Waals surface area contributed by atoms with E-state index in [-0.39, 0.29) is 18.6 Å². The Bertz CT molecular complexity index is 983. The lowest BCUT2D eigenvalue weighted by molar-refractivity contribution is -0.136. The Balaban J connectivity index is 0.000000500. The Hall–Kier alpha value is -3.19. The molecular weight excluding hydrogens is 360 g/mol. The lowest BCUT2D eigenvalue weighted by Gasteiger charge is -2.12. The zero-order chi connectivity index (χ0) is 20.5. The van der Waals surface area contributed by atoms with Crippen molar-refractivity contribution in [2.45, 2.75) is 33.3 Å². The topological polar surface area (TPSA) is 101 Å². The van der Waals surface area contributed by atoms with Gasteiger partial charge >= 0.3 is 5.97 Å². The van der Waals surface area contributed by atoms with E-state index in [0.29, 0.717) is 35.7 Å². The first-order valence-electron chi connectivity index (χ1n) is 8.98. The van der Waals surface area contributed by atoms with Gasteiger partial charge in [-0.15, -0.1) is 0 Å². The van der Waals surface area contributed by atoms with Crippen LogP contribution in [-0.2, 0) is 17.8 Å². The molecule has 0 atom stereocenters. The monoisotopic (exact) mass is 384 g/mol. The minimum Gasteiger partial charge on any atom is -0.485 e. The zero-order valence-electron chi connectivity index (χ0n) is 16.0. The summed E-state index contributed by atoms with van der Waals surface area (Å²) < 4.78 is 7.31. The second kappa shape index (κ2) is 10.2. The Morgan fingerprint density at radius 2 is 1.86 bits per heavy atom. The molecule has 0 spiro atoms. The molecule has 28 heavy (non-hydrogen) atoms. The molecule has 0 unspecified atom stereocenters. The zero-order valence-corrected chi connectivity index (χ0v) is 16.0. The number of pyridine rings is 1. The Kier molecular flexibility index (Phi) is 7.71. The van der Waals surface area contributed by atoms with Gasteiger partial charge in [0.15, 0.2) is 11.4 Å². The molecule has 0 saturated heterocycles. The van der Waals surface area contributed by atoms with E-state index in [0.717, 1.165) is 5.56 Å². The van der Waals surface area contributed by atoms with E-state index in [1.807, 2.05) is 30.3 Å². The van der Waals surface area contributed by atoms with Crippen molar-refractivity contribution in [1.82, 2.24) is 9.38 Å². The average Bonchev–Trinajstić information content (AvgIpc) is 2.71. The van der Waals surface area contributed by atoms with Crippen LogP contribution in [0, 0.1) is 6.92 Å². The molecule has 0 aliphatic carbocycles. The van der Waals surface area contributed by atoms with Crippen LogP contribution in [0.3, 0.4) is 0 Å². The maximum atomic E-state index is 12.5. The fraction of sp³-hybridized carbons (Fsp3) is 0.286. The van der Waals surface area contributed by atoms with E-state index in [2.05, 4.69) is 4.98 Å². The van der Waals surface area contributed by atoms with Crippen LogP contribution in [0.15, 0.2) is 53.5 Å². The second-order valence-corrected chi connectivity index (χ2v) is 6.04. The lowest BCUT2D eigenvalue weighted by Crippen LogP contribution is -2.22. The summed E-state index contributed by atoms with van der Waals surface area (Å²) in [5, 5.41) is 16.8. The first-order valence-corrected chi connectivity index (χ1v) is 8.98. The number of aromatic nitrogens is 2. The molecule has 0 radical (unpaired) electrons. The SMILES string of the molecule is CCC(=O)O.Cc1nc2c(OCc3ccccc3)cccn2c(=O)c1CCO. The molecule has 0 aliphatic heterocycles. The van der Waals surface area contributed by atoms with Crippen molar-refractivity contribution in [2.75, 3.05) is 6.61 Å². The van der Waals surface area contributed by atoms with E-state index in [9.17, 15) is 9.59 Å². The number of fused-ring (bicyclic) bond motifs is 1. The van der Waals surface area contributed by atoms with Crippen molar-refractivity contribution in [3.05, 3.63) is 75.8 Å². The highest BCUT2D eigenvalue weighted by atomic mass is 16.5. The molecule has 0 fully saturated rings. The highest BCUT2D eigenvalue weighted by molar-refractivity contribution is 5.66. The van der Waals surface area contributed by atoms with E-state index in [1.165, 1.54) is 4.40 Å². The number of rotatable bonds is 6. The van der Waals surface area contributed by atoms with Gasteiger partial charge in [-0.25, -0.2) is 4.98 Å². The van der Waals surface area contributed by atoms with Gasteiger partial charge < -0.3 is 14.9 Å². The minimum atomic E-state index is -0.745. The van der Waals surface area contributed by atoms with Crippen LogP contribution in [0.2, 0.25) is 0 Å². The fourth-order valence-electron chi connectivity index (χ4n) is 2.53. The quantitative estimate of drug-likeness (QED) is 0.677. The first-order chi connectivity index (χ1) is 13.5. The Morgan fingerprint density at radius 3 is 2.46 bits per heavy atom. The van der Waals surface area contributed by atoms with Crippen LogP contribution < -0.4 is 10.3 Å². The number of benzene rings is 1. The number of hydrogen-bond donors (Lipinski definition) is 2. The molecule has 2 heterocycles. The molecule has 0 aliphatic rings. The standard InChI is InChI=1S/C18H18N2O3.C3H6O2/c1-13-15(9-11-21)18(22)20-10-5-8-16(17(20)19-13)23-12-14-6-3-2-4-7-14;1-2-3(4)5/h2-8,10,21H,9,11-12H2,1H3;2H2,1H3,(H,4,5). The summed E-state index contributed by atoms with van der Waals surface area (Å²) in [6.07, 6.45) is 2.19. The van der Waals surface area contributed by atoms with E-state index >= 15 is 0 Å². The smallest absolute Gasteiger partial charge is 0.303 e. The van der Waals surface area contributed by atoms with Gasteiger partial charge in [-0.2, -0.15) is 0 Å². The van der Waals surface area contributed by atoms with Crippen molar-refractivity contribution in [2.24, 2.45) is 0 Å². The van der Waals surface area contributed by atoms with Gasteiger partial charge in [-0.3, -0.25) is 14.0 Å². The molecule has 148 valence electrons. The summed E-state index contributed by atoms with van der Waals surface area (Å²) in [5.41, 5.74) is 2.54.